The maximum absolute atomic E-state index is 12.9. The van der Waals surface area contributed by atoms with Crippen LogP contribution in [0.15, 0.2) is 18.2 Å². The molecule has 0 radical (unpaired) electrons. The van der Waals surface area contributed by atoms with Crippen LogP contribution < -0.4 is 15.8 Å². The number of carbonyl (C=O) groups excluding carboxylic acids is 1. The number of sulfone groups is 1. The van der Waals surface area contributed by atoms with E-state index in [2.05, 4.69) is 15.0 Å². The quantitative estimate of drug-likeness (QED) is 0.433. The fraction of sp³-hybridized carbons (Fsp3) is 0.500. The highest BCUT2D eigenvalue weighted by Crippen LogP contribution is 2.34. The Bertz CT molecular complexity index is 1290. The van der Waals surface area contributed by atoms with Crippen LogP contribution in [0.3, 0.4) is 0 Å². The number of halogens is 2. The fourth-order valence-electron chi connectivity index (χ4n) is 4.25. The van der Waals surface area contributed by atoms with E-state index in [0.29, 0.717) is 30.8 Å². The predicted octanol–water partition coefficient (Wildman–Crippen LogP) is 3.09. The topological polar surface area (TPSA) is 148 Å². The van der Waals surface area contributed by atoms with Gasteiger partial charge in [-0.3, -0.25) is 4.79 Å². The lowest BCUT2D eigenvalue weighted by Gasteiger charge is -2.30. The van der Waals surface area contributed by atoms with E-state index in [0.717, 1.165) is 11.3 Å². The van der Waals surface area contributed by atoms with Gasteiger partial charge in [0.1, 0.15) is 10.7 Å². The van der Waals surface area contributed by atoms with Gasteiger partial charge >= 0.3 is 0 Å². The summed E-state index contributed by atoms with van der Waals surface area (Å²) in [6.07, 6.45) is 2.68. The van der Waals surface area contributed by atoms with E-state index < -0.39 is 30.9 Å². The zero-order valence-corrected chi connectivity index (χ0v) is 21.9. The molecule has 34 heavy (non-hydrogen) atoms. The first-order valence-electron chi connectivity index (χ1n) is 10.7. The van der Waals surface area contributed by atoms with E-state index in [1.165, 1.54) is 0 Å². The monoisotopic (exact) mass is 566 g/mol. The Morgan fingerprint density at radius 2 is 1.71 bits per heavy atom. The Kier molecular flexibility index (Phi) is 7.47. The second kappa shape index (κ2) is 9.90. The third kappa shape index (κ3) is 5.68. The molecule has 1 aromatic heterocycles. The van der Waals surface area contributed by atoms with Crippen LogP contribution >= 0.6 is 34.5 Å². The van der Waals surface area contributed by atoms with Gasteiger partial charge in [-0.15, -0.1) is 0 Å². The first-order chi connectivity index (χ1) is 15.9. The minimum absolute atomic E-state index is 0.0324. The molecule has 4 N–H and O–H groups in total. The zero-order chi connectivity index (χ0) is 24.7. The van der Waals surface area contributed by atoms with Crippen LogP contribution in [-0.2, 0) is 19.9 Å². The van der Waals surface area contributed by atoms with Gasteiger partial charge in [-0.1, -0.05) is 40.6 Å². The summed E-state index contributed by atoms with van der Waals surface area (Å²) < 4.78 is 51.1. The van der Waals surface area contributed by atoms with Crippen molar-refractivity contribution >= 4 is 71.1 Å². The number of ketones is 1. The molecule has 1 saturated heterocycles. The molecular weight excluding hydrogens is 543 g/mol. The Morgan fingerprint density at radius 1 is 1.09 bits per heavy atom. The second-order valence-corrected chi connectivity index (χ2v) is 14.6. The largest absolute Gasteiger partial charge is 0.382 e. The molecule has 1 atom stereocenters. The summed E-state index contributed by atoms with van der Waals surface area (Å²) in [5, 5.41) is 3.35. The average Bonchev–Trinajstić information content (AvgIpc) is 3.31. The molecule has 1 unspecified atom stereocenters. The molecule has 14 heteroatoms. The van der Waals surface area contributed by atoms with Crippen molar-refractivity contribution < 1.29 is 21.6 Å². The summed E-state index contributed by atoms with van der Waals surface area (Å²) in [4.78, 5) is 17.4. The lowest BCUT2D eigenvalue weighted by molar-refractivity contribution is 0.104. The average molecular weight is 568 g/mol. The summed E-state index contributed by atoms with van der Waals surface area (Å²) in [6, 6.07) is 4.60. The highest BCUT2D eigenvalue weighted by Gasteiger charge is 2.38. The molecule has 0 spiro atoms. The lowest BCUT2D eigenvalue weighted by atomic mass is 9.92. The number of anilines is 2. The fourth-order valence-corrected chi connectivity index (χ4v) is 10.1. The van der Waals surface area contributed by atoms with Crippen molar-refractivity contribution in [3.05, 3.63) is 38.7 Å². The number of sulfonamides is 1. The molecule has 1 aliphatic carbocycles. The van der Waals surface area contributed by atoms with Crippen molar-refractivity contribution in [2.24, 2.45) is 0 Å². The first kappa shape index (κ1) is 25.6. The standard InChI is InChI=1S/C20H24Cl2N4O5S3/c21-14-2-1-3-15(22)16(14)17(27)18-19(23)25-20(32-18)24-11-4-6-12(7-5-11)26-34(30,31)13-8-9-33(28,29)10-13/h1-3,11-13,26H,4-10,23H2,(H,24,25)/t11-,12-,13?. The van der Waals surface area contributed by atoms with Gasteiger partial charge in [0.15, 0.2) is 15.0 Å². The Hall–Kier alpha value is -1.44. The van der Waals surface area contributed by atoms with Crippen molar-refractivity contribution in [2.45, 2.75) is 49.4 Å². The maximum atomic E-state index is 12.9. The van der Waals surface area contributed by atoms with E-state index in [4.69, 9.17) is 28.9 Å². The van der Waals surface area contributed by atoms with Crippen LogP contribution in [0, 0.1) is 0 Å². The van der Waals surface area contributed by atoms with Crippen LogP contribution in [0.5, 0.6) is 0 Å². The van der Waals surface area contributed by atoms with Crippen LogP contribution in [0.2, 0.25) is 10.0 Å². The number of nitrogen functional groups attached to an aromatic ring is 1. The molecule has 2 heterocycles. The number of nitrogens with one attached hydrogen (secondary N) is 2. The summed E-state index contributed by atoms with van der Waals surface area (Å²) in [5.74, 6) is -0.711. The zero-order valence-electron chi connectivity index (χ0n) is 18.0. The predicted molar refractivity (Wildman–Crippen MR) is 135 cm³/mol. The van der Waals surface area contributed by atoms with Crippen molar-refractivity contribution in [1.82, 2.24) is 9.71 Å². The number of aromatic nitrogens is 1. The van der Waals surface area contributed by atoms with Gasteiger partial charge < -0.3 is 11.1 Å². The number of nitrogens with zero attached hydrogens (tertiary/aromatic N) is 1. The van der Waals surface area contributed by atoms with E-state index >= 15 is 0 Å². The van der Waals surface area contributed by atoms with E-state index in [-0.39, 0.29) is 56.3 Å². The van der Waals surface area contributed by atoms with Crippen LogP contribution in [0.1, 0.15) is 47.3 Å². The van der Waals surface area contributed by atoms with Gasteiger partial charge in [-0.25, -0.2) is 26.5 Å². The third-order valence-corrected chi connectivity index (χ3v) is 11.6. The number of carbonyl (C=O) groups is 1. The first-order valence-corrected chi connectivity index (χ1v) is 15.6. The number of benzene rings is 1. The number of thiazole rings is 1. The maximum Gasteiger partial charge on any atom is 0.215 e. The Balaban J connectivity index is 1.35. The highest BCUT2D eigenvalue weighted by atomic mass is 35.5. The van der Waals surface area contributed by atoms with Crippen LogP contribution in [-0.4, -0.2) is 56.4 Å². The van der Waals surface area contributed by atoms with Crippen molar-refractivity contribution in [2.75, 3.05) is 22.6 Å². The number of rotatable bonds is 7. The van der Waals surface area contributed by atoms with Gasteiger partial charge in [0.2, 0.25) is 15.8 Å². The van der Waals surface area contributed by atoms with E-state index in [1.54, 1.807) is 18.2 Å². The van der Waals surface area contributed by atoms with Crippen molar-refractivity contribution in [1.29, 1.82) is 0 Å². The summed E-state index contributed by atoms with van der Waals surface area (Å²) in [7, 11) is -6.96. The van der Waals surface area contributed by atoms with Crippen molar-refractivity contribution in [3.63, 3.8) is 0 Å². The molecule has 4 rings (SSSR count). The molecular formula is C20H24Cl2N4O5S3. The number of nitrogens with two attached hydrogens (primary N) is 1. The van der Waals surface area contributed by atoms with Gasteiger partial charge in [0.05, 0.1) is 32.4 Å². The normalized spacial score (nSPS) is 24.7. The number of hydrogen-bond acceptors (Lipinski definition) is 9. The third-order valence-electron chi connectivity index (χ3n) is 6.06. The Morgan fingerprint density at radius 3 is 2.29 bits per heavy atom. The van der Waals surface area contributed by atoms with Crippen LogP contribution in [0.25, 0.3) is 0 Å². The molecule has 0 amide bonds. The molecule has 1 aliphatic heterocycles. The summed E-state index contributed by atoms with van der Waals surface area (Å²) >= 11 is 13.4. The van der Waals surface area contributed by atoms with Crippen molar-refractivity contribution in [3.8, 4) is 0 Å². The molecule has 186 valence electrons. The van der Waals surface area contributed by atoms with Gasteiger partial charge in [0, 0.05) is 12.1 Å². The summed E-state index contributed by atoms with van der Waals surface area (Å²) in [5.41, 5.74) is 6.16. The SMILES string of the molecule is Nc1nc(N[C@H]2CC[C@H](NS(=O)(=O)C3CCS(=O)(=O)C3)CC2)sc1C(=O)c1c(Cl)cccc1Cl. The smallest absolute Gasteiger partial charge is 0.215 e. The van der Waals surface area contributed by atoms with Gasteiger partial charge in [0.25, 0.3) is 0 Å². The molecule has 1 aromatic carbocycles. The molecule has 2 fully saturated rings. The van der Waals surface area contributed by atoms with Gasteiger partial charge in [-0.05, 0) is 44.2 Å². The van der Waals surface area contributed by atoms with E-state index in [9.17, 15) is 21.6 Å². The molecule has 1 saturated carbocycles. The lowest BCUT2D eigenvalue weighted by Crippen LogP contribution is -2.44. The highest BCUT2D eigenvalue weighted by molar-refractivity contribution is 7.95. The van der Waals surface area contributed by atoms with E-state index in [1.807, 2.05) is 0 Å². The molecule has 2 aromatic rings. The Labute approximate surface area is 212 Å². The molecule has 0 bridgehead atoms. The minimum Gasteiger partial charge on any atom is -0.382 e. The number of hydrogen-bond donors (Lipinski definition) is 3. The molecule has 2 aliphatic rings. The second-order valence-electron chi connectivity index (χ2n) is 8.54. The minimum atomic E-state index is -3.69. The summed E-state index contributed by atoms with van der Waals surface area (Å²) in [6.45, 7) is 0. The van der Waals surface area contributed by atoms with Gasteiger partial charge in [-0.2, -0.15) is 0 Å². The van der Waals surface area contributed by atoms with Crippen LogP contribution in [0.4, 0.5) is 10.9 Å². The molecule has 9 nitrogen and oxygen atoms in total.